The number of nitro groups is 1. The second-order valence-corrected chi connectivity index (χ2v) is 6.43. The van der Waals surface area contributed by atoms with Crippen molar-refractivity contribution in [3.05, 3.63) is 62.5 Å². The molecule has 1 saturated heterocycles. The van der Waals surface area contributed by atoms with Gasteiger partial charge >= 0.3 is 0 Å². The van der Waals surface area contributed by atoms with Crippen LogP contribution < -0.4 is 4.90 Å². The van der Waals surface area contributed by atoms with E-state index in [2.05, 4.69) is 4.98 Å². The number of pyridine rings is 1. The van der Waals surface area contributed by atoms with Crippen LogP contribution in [0.15, 0.2) is 30.5 Å². The Morgan fingerprint density at radius 2 is 1.96 bits per heavy atom. The SMILES string of the molecule is Cc1cc(N2CCN(C(=O)c3ccc(Cl)cc3F)CC2)ncc1[N+](=O)[O-]. The lowest BCUT2D eigenvalue weighted by Gasteiger charge is -2.35. The quantitative estimate of drug-likeness (QED) is 0.605. The Bertz CT molecular complexity index is 869. The van der Waals surface area contributed by atoms with Crippen molar-refractivity contribution in [2.24, 2.45) is 0 Å². The zero-order valence-electron chi connectivity index (χ0n) is 14.0. The number of carbonyl (C=O) groups excluding carboxylic acids is 1. The number of hydrogen-bond donors (Lipinski definition) is 0. The number of halogens is 2. The Morgan fingerprint density at radius 3 is 2.54 bits per heavy atom. The van der Waals surface area contributed by atoms with Gasteiger partial charge in [0.05, 0.1) is 10.5 Å². The van der Waals surface area contributed by atoms with Crippen LogP contribution in [0.5, 0.6) is 0 Å². The van der Waals surface area contributed by atoms with Gasteiger partial charge in [0, 0.05) is 36.8 Å². The molecular weight excluding hydrogens is 363 g/mol. The Hall–Kier alpha value is -2.74. The number of rotatable bonds is 3. The number of benzene rings is 1. The first-order chi connectivity index (χ1) is 12.4. The molecule has 1 aromatic carbocycles. The maximum atomic E-state index is 13.9. The highest BCUT2D eigenvalue weighted by Crippen LogP contribution is 2.23. The third-order valence-electron chi connectivity index (χ3n) is 4.32. The van der Waals surface area contributed by atoms with E-state index in [0.717, 1.165) is 6.07 Å². The lowest BCUT2D eigenvalue weighted by Crippen LogP contribution is -2.49. The molecule has 1 aliphatic rings. The van der Waals surface area contributed by atoms with Crippen molar-refractivity contribution in [3.8, 4) is 0 Å². The van der Waals surface area contributed by atoms with E-state index in [-0.39, 0.29) is 22.2 Å². The maximum absolute atomic E-state index is 13.9. The fourth-order valence-electron chi connectivity index (χ4n) is 2.87. The molecule has 3 rings (SSSR count). The minimum Gasteiger partial charge on any atom is -0.353 e. The van der Waals surface area contributed by atoms with Crippen LogP contribution in [-0.2, 0) is 0 Å². The van der Waals surface area contributed by atoms with Crippen LogP contribution in [0, 0.1) is 22.9 Å². The van der Waals surface area contributed by atoms with Crippen molar-refractivity contribution in [2.45, 2.75) is 6.92 Å². The number of anilines is 1. The molecule has 1 fully saturated rings. The van der Waals surface area contributed by atoms with Crippen molar-refractivity contribution in [1.82, 2.24) is 9.88 Å². The molecule has 0 atom stereocenters. The van der Waals surface area contributed by atoms with E-state index in [1.807, 2.05) is 4.90 Å². The van der Waals surface area contributed by atoms with Crippen molar-refractivity contribution < 1.29 is 14.1 Å². The van der Waals surface area contributed by atoms with Gasteiger partial charge in [-0.25, -0.2) is 9.37 Å². The molecule has 1 aromatic heterocycles. The average Bonchev–Trinajstić information content (AvgIpc) is 2.61. The van der Waals surface area contributed by atoms with E-state index in [4.69, 9.17) is 11.6 Å². The monoisotopic (exact) mass is 378 g/mol. The summed E-state index contributed by atoms with van der Waals surface area (Å²) in [6.45, 7) is 3.47. The summed E-state index contributed by atoms with van der Waals surface area (Å²) in [7, 11) is 0. The molecule has 0 radical (unpaired) electrons. The Morgan fingerprint density at radius 1 is 1.27 bits per heavy atom. The number of carbonyl (C=O) groups is 1. The lowest BCUT2D eigenvalue weighted by molar-refractivity contribution is -0.385. The molecule has 7 nitrogen and oxygen atoms in total. The van der Waals surface area contributed by atoms with Gasteiger partial charge in [0.25, 0.3) is 11.6 Å². The largest absolute Gasteiger partial charge is 0.353 e. The Labute approximate surface area is 154 Å². The second kappa shape index (κ2) is 7.25. The fourth-order valence-corrected chi connectivity index (χ4v) is 3.03. The summed E-state index contributed by atoms with van der Waals surface area (Å²) < 4.78 is 13.9. The second-order valence-electron chi connectivity index (χ2n) is 5.99. The highest BCUT2D eigenvalue weighted by atomic mass is 35.5. The zero-order valence-corrected chi connectivity index (χ0v) is 14.7. The van der Waals surface area contributed by atoms with Crippen LogP contribution in [0.1, 0.15) is 15.9 Å². The van der Waals surface area contributed by atoms with Crippen LogP contribution in [-0.4, -0.2) is 46.9 Å². The number of hydrogen-bond acceptors (Lipinski definition) is 5. The van der Waals surface area contributed by atoms with Crippen LogP contribution in [0.25, 0.3) is 0 Å². The highest BCUT2D eigenvalue weighted by Gasteiger charge is 2.25. The van der Waals surface area contributed by atoms with Crippen molar-refractivity contribution in [3.63, 3.8) is 0 Å². The van der Waals surface area contributed by atoms with Crippen molar-refractivity contribution in [1.29, 1.82) is 0 Å². The number of piperazine rings is 1. The molecule has 0 saturated carbocycles. The van der Waals surface area contributed by atoms with Crippen LogP contribution in [0.2, 0.25) is 5.02 Å². The van der Waals surface area contributed by atoms with Gasteiger partial charge in [0.15, 0.2) is 0 Å². The summed E-state index contributed by atoms with van der Waals surface area (Å²) in [6.07, 6.45) is 1.24. The zero-order chi connectivity index (χ0) is 18.8. The summed E-state index contributed by atoms with van der Waals surface area (Å²) in [5.74, 6) is -0.401. The molecule has 0 N–H and O–H groups in total. The minimum atomic E-state index is -0.641. The van der Waals surface area contributed by atoms with E-state index in [1.165, 1.54) is 18.3 Å². The van der Waals surface area contributed by atoms with Crippen LogP contribution in [0.3, 0.4) is 0 Å². The van der Waals surface area contributed by atoms with Gasteiger partial charge in [-0.15, -0.1) is 0 Å². The highest BCUT2D eigenvalue weighted by molar-refractivity contribution is 6.30. The van der Waals surface area contributed by atoms with Crippen molar-refractivity contribution in [2.75, 3.05) is 31.1 Å². The number of aryl methyl sites for hydroxylation is 1. The molecule has 0 unspecified atom stereocenters. The van der Waals surface area contributed by atoms with E-state index in [1.54, 1.807) is 17.9 Å². The van der Waals surface area contributed by atoms with Crippen LogP contribution >= 0.6 is 11.6 Å². The topological polar surface area (TPSA) is 79.6 Å². The van der Waals surface area contributed by atoms with E-state index >= 15 is 0 Å². The normalized spacial score (nSPS) is 14.4. The number of amides is 1. The Kier molecular flexibility index (Phi) is 5.03. The molecule has 1 amide bonds. The standard InChI is InChI=1S/C17H16ClFN4O3/c1-11-8-16(20-10-15(11)23(25)26)21-4-6-22(7-5-21)17(24)13-3-2-12(18)9-14(13)19/h2-3,8-10H,4-7H2,1H3. The smallest absolute Gasteiger partial charge is 0.290 e. The molecule has 0 bridgehead atoms. The molecular formula is C17H16ClFN4O3. The molecule has 26 heavy (non-hydrogen) atoms. The van der Waals surface area contributed by atoms with Crippen molar-refractivity contribution >= 4 is 29.0 Å². The third kappa shape index (κ3) is 3.60. The molecule has 0 spiro atoms. The van der Waals surface area contributed by atoms with Gasteiger partial charge < -0.3 is 9.80 Å². The summed E-state index contributed by atoms with van der Waals surface area (Å²) >= 11 is 5.72. The summed E-state index contributed by atoms with van der Waals surface area (Å²) in [5, 5.41) is 11.1. The summed E-state index contributed by atoms with van der Waals surface area (Å²) in [6, 6.07) is 5.65. The molecule has 2 heterocycles. The number of nitrogens with zero attached hydrogens (tertiary/aromatic N) is 4. The molecule has 2 aromatic rings. The summed E-state index contributed by atoms with van der Waals surface area (Å²) in [4.78, 5) is 30.5. The first kappa shape index (κ1) is 18.1. The minimum absolute atomic E-state index is 0.00726. The maximum Gasteiger partial charge on any atom is 0.290 e. The first-order valence-corrected chi connectivity index (χ1v) is 8.35. The predicted octanol–water partition coefficient (Wildman–Crippen LogP) is 3.05. The van der Waals surface area contributed by atoms with E-state index in [9.17, 15) is 19.3 Å². The van der Waals surface area contributed by atoms with Gasteiger partial charge in [-0.2, -0.15) is 0 Å². The molecule has 9 heteroatoms. The van der Waals surface area contributed by atoms with Gasteiger partial charge in [0.2, 0.25) is 0 Å². The van der Waals surface area contributed by atoms with E-state index < -0.39 is 10.7 Å². The molecule has 136 valence electrons. The van der Waals surface area contributed by atoms with Gasteiger partial charge in [-0.1, -0.05) is 11.6 Å². The Balaban J connectivity index is 1.68. The van der Waals surface area contributed by atoms with Gasteiger partial charge in [0.1, 0.15) is 17.8 Å². The first-order valence-electron chi connectivity index (χ1n) is 7.97. The average molecular weight is 379 g/mol. The van der Waals surface area contributed by atoms with Crippen LogP contribution in [0.4, 0.5) is 15.9 Å². The lowest BCUT2D eigenvalue weighted by atomic mass is 10.1. The third-order valence-corrected chi connectivity index (χ3v) is 4.55. The fraction of sp³-hybridized carbons (Fsp3) is 0.294. The molecule has 0 aliphatic carbocycles. The summed E-state index contributed by atoms with van der Waals surface area (Å²) in [5.41, 5.74) is 0.495. The number of aromatic nitrogens is 1. The van der Waals surface area contributed by atoms with Gasteiger partial charge in [-0.05, 0) is 31.2 Å². The predicted molar refractivity (Wildman–Crippen MR) is 95.2 cm³/mol. The van der Waals surface area contributed by atoms with E-state index in [0.29, 0.717) is 37.6 Å². The van der Waals surface area contributed by atoms with Gasteiger partial charge in [-0.3, -0.25) is 14.9 Å². The molecule has 1 aliphatic heterocycles.